The average molecular weight is 828 g/mol. The Hall–Kier alpha value is -8.04. The second kappa shape index (κ2) is 13.7. The first-order valence-corrected chi connectivity index (χ1v) is 22.9. The fourth-order valence-corrected chi connectivity index (χ4v) is 11.9. The van der Waals surface area contributed by atoms with Crippen LogP contribution in [0.3, 0.4) is 0 Å². The van der Waals surface area contributed by atoms with Gasteiger partial charge in [0.1, 0.15) is 0 Å². The number of rotatable bonds is 5. The fourth-order valence-electron chi connectivity index (χ4n) is 10.8. The Balaban J connectivity index is 0.894. The molecule has 0 saturated heterocycles. The molecule has 1 aromatic heterocycles. The summed E-state index contributed by atoms with van der Waals surface area (Å²) in [5.74, 6) is 0. The summed E-state index contributed by atoms with van der Waals surface area (Å²) in [6.07, 6.45) is 0. The summed E-state index contributed by atoms with van der Waals surface area (Å²) in [7, 11) is 0. The van der Waals surface area contributed by atoms with E-state index in [9.17, 15) is 0 Å². The van der Waals surface area contributed by atoms with E-state index >= 15 is 0 Å². The number of benzene rings is 13. The van der Waals surface area contributed by atoms with E-state index in [1.54, 1.807) is 0 Å². The zero-order chi connectivity index (χ0) is 41.9. The van der Waals surface area contributed by atoms with E-state index in [0.717, 1.165) is 11.4 Å². The van der Waals surface area contributed by atoms with E-state index in [2.05, 4.69) is 229 Å². The van der Waals surface area contributed by atoms with Gasteiger partial charge in [-0.2, -0.15) is 0 Å². The van der Waals surface area contributed by atoms with Crippen molar-refractivity contribution < 1.29 is 0 Å². The number of fused-ring (bicyclic) bond motifs is 11. The van der Waals surface area contributed by atoms with Crippen LogP contribution in [-0.4, -0.2) is 0 Å². The zero-order valence-corrected chi connectivity index (χ0v) is 35.5. The fraction of sp³-hybridized carbons (Fsp3) is 0. The Kier molecular flexibility index (Phi) is 7.63. The molecule has 0 bridgehead atoms. The highest BCUT2D eigenvalue weighted by atomic mass is 32.1. The molecule has 0 spiro atoms. The lowest BCUT2D eigenvalue weighted by atomic mass is 9.88. The van der Waals surface area contributed by atoms with E-state index < -0.39 is 0 Å². The van der Waals surface area contributed by atoms with Gasteiger partial charge in [-0.1, -0.05) is 176 Å². The molecular weight excluding hydrogens is 791 g/mol. The lowest BCUT2D eigenvalue weighted by molar-refractivity contribution is 1.31. The van der Waals surface area contributed by atoms with Crippen LogP contribution in [0.2, 0.25) is 0 Å². The molecule has 0 aliphatic rings. The number of hydrogen-bond acceptors (Lipinski definition) is 2. The predicted molar refractivity (Wildman–Crippen MR) is 279 cm³/mol. The largest absolute Gasteiger partial charge is 0.310 e. The molecule has 64 heavy (non-hydrogen) atoms. The average Bonchev–Trinajstić information content (AvgIpc) is 3.75. The Morgan fingerprint density at radius 2 is 0.859 bits per heavy atom. The van der Waals surface area contributed by atoms with Gasteiger partial charge in [0.25, 0.3) is 0 Å². The Bertz CT molecular complexity index is 4160. The molecule has 1 nitrogen and oxygen atoms in total. The van der Waals surface area contributed by atoms with Gasteiger partial charge in [0.2, 0.25) is 0 Å². The molecule has 0 atom stereocenters. The van der Waals surface area contributed by atoms with Crippen LogP contribution < -0.4 is 4.90 Å². The molecule has 0 saturated carbocycles. The monoisotopic (exact) mass is 827 g/mol. The van der Waals surface area contributed by atoms with Crippen molar-refractivity contribution in [1.29, 1.82) is 0 Å². The third-order valence-corrected chi connectivity index (χ3v) is 14.9. The van der Waals surface area contributed by atoms with Gasteiger partial charge in [0.05, 0.1) is 5.69 Å². The zero-order valence-electron chi connectivity index (χ0n) is 34.7. The van der Waals surface area contributed by atoms with Crippen LogP contribution in [0.4, 0.5) is 17.1 Å². The minimum Gasteiger partial charge on any atom is -0.310 e. The van der Waals surface area contributed by atoms with Gasteiger partial charge in [-0.15, -0.1) is 11.3 Å². The van der Waals surface area contributed by atoms with Crippen LogP contribution in [0.15, 0.2) is 224 Å². The van der Waals surface area contributed by atoms with Crippen molar-refractivity contribution in [2.45, 2.75) is 0 Å². The molecule has 0 unspecified atom stereocenters. The van der Waals surface area contributed by atoms with E-state index in [4.69, 9.17) is 0 Å². The lowest BCUT2D eigenvalue weighted by Crippen LogP contribution is -2.10. The quantitative estimate of drug-likeness (QED) is 0.156. The van der Waals surface area contributed by atoms with Crippen molar-refractivity contribution >= 4 is 124 Å². The number of hydrogen-bond donors (Lipinski definition) is 0. The highest BCUT2D eigenvalue weighted by Crippen LogP contribution is 2.48. The molecular formula is C62H37NS. The smallest absolute Gasteiger partial charge is 0.0540 e. The summed E-state index contributed by atoms with van der Waals surface area (Å²) < 4.78 is 2.68. The Morgan fingerprint density at radius 1 is 0.266 bits per heavy atom. The van der Waals surface area contributed by atoms with Crippen LogP contribution in [0.1, 0.15) is 0 Å². The van der Waals surface area contributed by atoms with Gasteiger partial charge >= 0.3 is 0 Å². The molecule has 0 radical (unpaired) electrons. The third-order valence-electron chi connectivity index (χ3n) is 13.8. The SMILES string of the molecule is c1ccc(N(c2ccc3ccccc3c2)c2ccc3ccc4c(-c5ccc(-c6ccc7c(c6)c6ccccc6c6c7ccc7sc8ccccc8c76)cc5)ccc5ccc2c3c54)cc1. The van der Waals surface area contributed by atoms with Crippen molar-refractivity contribution in [1.82, 2.24) is 0 Å². The normalized spacial score (nSPS) is 12.1. The van der Waals surface area contributed by atoms with Crippen molar-refractivity contribution in [3.63, 3.8) is 0 Å². The van der Waals surface area contributed by atoms with Crippen molar-refractivity contribution in [2.24, 2.45) is 0 Å². The lowest BCUT2D eigenvalue weighted by Gasteiger charge is -2.28. The van der Waals surface area contributed by atoms with Crippen LogP contribution in [0.5, 0.6) is 0 Å². The third kappa shape index (κ3) is 5.24. The van der Waals surface area contributed by atoms with E-state index in [1.807, 2.05) is 11.3 Å². The van der Waals surface area contributed by atoms with Crippen LogP contribution in [0.25, 0.3) is 118 Å². The standard InChI is InChI=1S/C62H37NS/c1-2-12-45(13-3-1)63(46-28-22-38-10-4-5-11-43(38)36-46)56-34-27-42-24-31-51-47(29-23-41-25-32-53(56)60(42)59(41)51)40-20-18-39(19-21-40)44-26-30-49-52-33-35-58-62(54-16-8-9-17-57(54)64-58)61(52)50-15-7-6-14-48(50)55(49)37-44/h1-37H. The summed E-state index contributed by atoms with van der Waals surface area (Å²) in [4.78, 5) is 2.42. The predicted octanol–water partition coefficient (Wildman–Crippen LogP) is 18.4. The molecule has 14 aromatic rings. The summed E-state index contributed by atoms with van der Waals surface area (Å²) in [6.45, 7) is 0. The van der Waals surface area contributed by atoms with Crippen molar-refractivity contribution in [2.75, 3.05) is 4.90 Å². The number of thiophene rings is 1. The summed E-state index contributed by atoms with van der Waals surface area (Å²) in [5, 5.41) is 20.7. The molecule has 1 heterocycles. The van der Waals surface area contributed by atoms with Crippen molar-refractivity contribution in [3.8, 4) is 22.3 Å². The van der Waals surface area contributed by atoms with Crippen LogP contribution >= 0.6 is 11.3 Å². The van der Waals surface area contributed by atoms with Gasteiger partial charge in [-0.05, 0) is 141 Å². The highest BCUT2D eigenvalue weighted by Gasteiger charge is 2.20. The maximum Gasteiger partial charge on any atom is 0.0540 e. The topological polar surface area (TPSA) is 3.24 Å². The number of nitrogens with zero attached hydrogens (tertiary/aromatic N) is 1. The Morgan fingerprint density at radius 3 is 1.72 bits per heavy atom. The molecule has 13 aromatic carbocycles. The summed E-state index contributed by atoms with van der Waals surface area (Å²) in [6, 6.07) is 83.5. The maximum atomic E-state index is 2.42. The molecule has 296 valence electrons. The van der Waals surface area contributed by atoms with Gasteiger partial charge in [0, 0.05) is 36.9 Å². The number of anilines is 3. The molecule has 0 aliphatic carbocycles. The second-order valence-corrected chi connectivity index (χ2v) is 18.2. The van der Waals surface area contributed by atoms with Crippen LogP contribution in [0, 0.1) is 0 Å². The first-order chi connectivity index (χ1) is 31.7. The molecule has 2 heteroatoms. The van der Waals surface area contributed by atoms with Gasteiger partial charge in [-0.25, -0.2) is 0 Å². The minimum atomic E-state index is 1.13. The van der Waals surface area contributed by atoms with Crippen molar-refractivity contribution in [3.05, 3.63) is 224 Å². The molecule has 0 fully saturated rings. The van der Waals surface area contributed by atoms with E-state index in [1.165, 1.54) is 124 Å². The van der Waals surface area contributed by atoms with Gasteiger partial charge in [0.15, 0.2) is 0 Å². The minimum absolute atomic E-state index is 1.13. The van der Waals surface area contributed by atoms with Gasteiger partial charge < -0.3 is 4.90 Å². The van der Waals surface area contributed by atoms with Gasteiger partial charge in [-0.3, -0.25) is 0 Å². The highest BCUT2D eigenvalue weighted by molar-refractivity contribution is 7.26. The molecule has 0 amide bonds. The number of para-hydroxylation sites is 1. The van der Waals surface area contributed by atoms with E-state index in [0.29, 0.717) is 0 Å². The van der Waals surface area contributed by atoms with Crippen LogP contribution in [-0.2, 0) is 0 Å². The first-order valence-electron chi connectivity index (χ1n) is 22.1. The molecule has 0 N–H and O–H groups in total. The first kappa shape index (κ1) is 35.5. The second-order valence-electron chi connectivity index (χ2n) is 17.2. The maximum absolute atomic E-state index is 2.42. The Labute approximate surface area is 373 Å². The molecule has 0 aliphatic heterocycles. The summed E-state index contributed by atoms with van der Waals surface area (Å²) >= 11 is 1.89. The summed E-state index contributed by atoms with van der Waals surface area (Å²) in [5.41, 5.74) is 8.35. The van der Waals surface area contributed by atoms with E-state index in [-0.39, 0.29) is 0 Å². The molecule has 14 rings (SSSR count).